The van der Waals surface area contributed by atoms with Crippen LogP contribution in [-0.4, -0.2) is 13.5 Å². The quantitative estimate of drug-likeness (QED) is 0.826. The van der Waals surface area contributed by atoms with Gasteiger partial charge in [0.15, 0.2) is 0 Å². The molecule has 2 rings (SSSR count). The lowest BCUT2D eigenvalue weighted by Crippen LogP contribution is -2.09. The number of rotatable bonds is 4. The van der Waals surface area contributed by atoms with Gasteiger partial charge in [0.05, 0.1) is 11.1 Å². The van der Waals surface area contributed by atoms with Crippen molar-refractivity contribution in [2.75, 3.05) is 4.72 Å². The Labute approximate surface area is 135 Å². The van der Waals surface area contributed by atoms with Crippen LogP contribution in [0.5, 0.6) is 5.75 Å². The first-order valence-corrected chi connectivity index (χ1v) is 8.46. The summed E-state index contributed by atoms with van der Waals surface area (Å²) >= 11 is 5.87. The molecule has 0 radical (unpaired) electrons. The van der Waals surface area contributed by atoms with Crippen molar-refractivity contribution < 1.29 is 13.5 Å². The number of hydrogen-bond acceptors (Lipinski definition) is 3. The number of aryl methyl sites for hydroxylation is 2. The molecule has 0 saturated carbocycles. The van der Waals surface area contributed by atoms with Crippen molar-refractivity contribution in [3.05, 3.63) is 63.5 Å². The van der Waals surface area contributed by atoms with E-state index in [4.69, 9.17) is 11.6 Å². The van der Waals surface area contributed by atoms with E-state index >= 15 is 0 Å². The molecule has 0 aromatic heterocycles. The Hall–Kier alpha value is -1.98. The molecule has 0 aliphatic heterocycles. The average Bonchev–Trinajstić information content (AvgIpc) is 2.43. The van der Waals surface area contributed by atoms with E-state index in [0.29, 0.717) is 10.6 Å². The molecule has 6 heteroatoms. The third-order valence-electron chi connectivity index (χ3n) is 3.03. The van der Waals surface area contributed by atoms with Crippen molar-refractivity contribution in [2.45, 2.75) is 13.8 Å². The highest BCUT2D eigenvalue weighted by molar-refractivity contribution is 7.95. The lowest BCUT2D eigenvalue weighted by atomic mass is 10.2. The van der Waals surface area contributed by atoms with Gasteiger partial charge in [0.25, 0.3) is 10.0 Å². The lowest BCUT2D eigenvalue weighted by Gasteiger charge is -2.09. The van der Waals surface area contributed by atoms with Crippen LogP contribution in [0.1, 0.15) is 16.7 Å². The van der Waals surface area contributed by atoms with Gasteiger partial charge in [-0.05, 0) is 43.2 Å². The standard InChI is InChI=1S/C16H16ClNO3S/c1-11-3-5-13(6-4-11)7-8-22(20,21)18-15-10-14(17)9-12(2)16(15)19/h3-10,18-19H,1-2H3/b8-7+. The molecule has 0 atom stereocenters. The van der Waals surface area contributed by atoms with Crippen molar-refractivity contribution in [2.24, 2.45) is 0 Å². The number of halogens is 1. The van der Waals surface area contributed by atoms with Gasteiger partial charge in [-0.25, -0.2) is 8.42 Å². The average molecular weight is 338 g/mol. The third kappa shape index (κ3) is 4.26. The first kappa shape index (κ1) is 16.4. The van der Waals surface area contributed by atoms with Crippen LogP contribution in [0.3, 0.4) is 0 Å². The summed E-state index contributed by atoms with van der Waals surface area (Å²) in [6.07, 6.45) is 1.48. The van der Waals surface area contributed by atoms with Crippen LogP contribution in [0, 0.1) is 13.8 Å². The third-order valence-corrected chi connectivity index (χ3v) is 4.25. The number of phenols is 1. The summed E-state index contributed by atoms with van der Waals surface area (Å²) in [5.41, 5.74) is 2.41. The molecule has 22 heavy (non-hydrogen) atoms. The molecule has 116 valence electrons. The van der Waals surface area contributed by atoms with E-state index in [1.165, 1.54) is 12.1 Å². The number of aromatic hydroxyl groups is 1. The first-order valence-electron chi connectivity index (χ1n) is 6.53. The summed E-state index contributed by atoms with van der Waals surface area (Å²) in [4.78, 5) is 0. The van der Waals surface area contributed by atoms with Gasteiger partial charge >= 0.3 is 0 Å². The molecule has 0 aliphatic rings. The zero-order valence-electron chi connectivity index (χ0n) is 12.2. The minimum absolute atomic E-state index is 0.0542. The monoisotopic (exact) mass is 337 g/mol. The maximum absolute atomic E-state index is 12.1. The fraction of sp³-hybridized carbons (Fsp3) is 0.125. The van der Waals surface area contributed by atoms with E-state index in [1.807, 2.05) is 31.2 Å². The van der Waals surface area contributed by atoms with Crippen LogP contribution in [-0.2, 0) is 10.0 Å². The summed E-state index contributed by atoms with van der Waals surface area (Å²) in [6.45, 7) is 3.59. The normalized spacial score (nSPS) is 11.8. The molecule has 0 saturated heterocycles. The van der Waals surface area contributed by atoms with Gasteiger partial charge in [-0.3, -0.25) is 4.72 Å². The lowest BCUT2D eigenvalue weighted by molar-refractivity contribution is 0.473. The van der Waals surface area contributed by atoms with Crippen LogP contribution in [0.2, 0.25) is 5.02 Å². The maximum atomic E-state index is 12.1. The van der Waals surface area contributed by atoms with Crippen molar-refractivity contribution in [1.82, 2.24) is 0 Å². The number of hydrogen-bond donors (Lipinski definition) is 2. The van der Waals surface area contributed by atoms with Crippen LogP contribution in [0.4, 0.5) is 5.69 Å². The predicted molar refractivity (Wildman–Crippen MR) is 90.6 cm³/mol. The number of benzene rings is 2. The smallest absolute Gasteiger partial charge is 0.255 e. The summed E-state index contributed by atoms with van der Waals surface area (Å²) in [5, 5.41) is 11.3. The molecule has 0 unspecified atom stereocenters. The highest BCUT2D eigenvalue weighted by atomic mass is 35.5. The van der Waals surface area contributed by atoms with Gasteiger partial charge in [-0.1, -0.05) is 41.4 Å². The van der Waals surface area contributed by atoms with Gasteiger partial charge in [-0.2, -0.15) is 0 Å². The molecule has 0 bridgehead atoms. The highest BCUT2D eigenvalue weighted by Crippen LogP contribution is 2.31. The predicted octanol–water partition coefficient (Wildman–Crippen LogP) is 4.08. The molecule has 2 aromatic carbocycles. The Morgan fingerprint density at radius 2 is 1.77 bits per heavy atom. The van der Waals surface area contributed by atoms with Crippen molar-refractivity contribution in [3.63, 3.8) is 0 Å². The van der Waals surface area contributed by atoms with E-state index in [1.54, 1.807) is 13.0 Å². The number of phenolic OH excluding ortho intramolecular Hbond substituents is 1. The summed E-state index contributed by atoms with van der Waals surface area (Å²) in [5.74, 6) is -0.142. The molecule has 0 heterocycles. The molecule has 0 amide bonds. The second-order valence-electron chi connectivity index (χ2n) is 4.98. The second kappa shape index (κ2) is 6.42. The second-order valence-corrected chi connectivity index (χ2v) is 6.98. The van der Waals surface area contributed by atoms with E-state index < -0.39 is 10.0 Å². The minimum Gasteiger partial charge on any atom is -0.505 e. The summed E-state index contributed by atoms with van der Waals surface area (Å²) in [6, 6.07) is 10.3. The molecule has 0 aliphatic carbocycles. The van der Waals surface area contributed by atoms with Crippen LogP contribution >= 0.6 is 11.6 Å². The molecular weight excluding hydrogens is 322 g/mol. The fourth-order valence-corrected chi connectivity index (χ4v) is 2.99. The number of anilines is 1. The van der Waals surface area contributed by atoms with E-state index in [9.17, 15) is 13.5 Å². The van der Waals surface area contributed by atoms with E-state index in [-0.39, 0.29) is 11.4 Å². The zero-order valence-corrected chi connectivity index (χ0v) is 13.7. The molecule has 2 N–H and O–H groups in total. The van der Waals surface area contributed by atoms with Gasteiger partial charge in [-0.15, -0.1) is 0 Å². The number of sulfonamides is 1. The van der Waals surface area contributed by atoms with Crippen molar-refractivity contribution in [3.8, 4) is 5.75 Å². The topological polar surface area (TPSA) is 66.4 Å². The Kier molecular flexibility index (Phi) is 4.78. The highest BCUT2D eigenvalue weighted by Gasteiger charge is 2.12. The molecule has 0 spiro atoms. The Morgan fingerprint density at radius 1 is 1.14 bits per heavy atom. The summed E-state index contributed by atoms with van der Waals surface area (Å²) in [7, 11) is -3.75. The molecule has 2 aromatic rings. The maximum Gasteiger partial charge on any atom is 0.255 e. The van der Waals surface area contributed by atoms with Gasteiger partial charge in [0.1, 0.15) is 5.75 Å². The van der Waals surface area contributed by atoms with Gasteiger partial charge in [0, 0.05) is 5.02 Å². The Balaban J connectivity index is 2.23. The van der Waals surface area contributed by atoms with E-state index in [0.717, 1.165) is 16.5 Å². The van der Waals surface area contributed by atoms with Gasteiger partial charge < -0.3 is 5.11 Å². The molecule has 0 fully saturated rings. The summed E-state index contributed by atoms with van der Waals surface area (Å²) < 4.78 is 26.4. The Bertz CT molecular complexity index is 812. The molecular formula is C16H16ClNO3S. The van der Waals surface area contributed by atoms with Crippen LogP contribution < -0.4 is 4.72 Å². The van der Waals surface area contributed by atoms with Crippen LogP contribution in [0.15, 0.2) is 41.8 Å². The van der Waals surface area contributed by atoms with Crippen molar-refractivity contribution in [1.29, 1.82) is 0 Å². The minimum atomic E-state index is -3.75. The number of nitrogens with one attached hydrogen (secondary N) is 1. The van der Waals surface area contributed by atoms with Crippen molar-refractivity contribution >= 4 is 33.4 Å². The Morgan fingerprint density at radius 3 is 2.41 bits per heavy atom. The fourth-order valence-electron chi connectivity index (χ4n) is 1.85. The first-order chi connectivity index (χ1) is 10.3. The molecule has 4 nitrogen and oxygen atoms in total. The SMILES string of the molecule is Cc1ccc(/C=C/S(=O)(=O)Nc2cc(Cl)cc(C)c2O)cc1. The van der Waals surface area contributed by atoms with Gasteiger partial charge in [0.2, 0.25) is 0 Å². The van der Waals surface area contributed by atoms with E-state index in [2.05, 4.69) is 4.72 Å². The zero-order chi connectivity index (χ0) is 16.3. The van der Waals surface area contributed by atoms with Crippen LogP contribution in [0.25, 0.3) is 6.08 Å². The largest absolute Gasteiger partial charge is 0.505 e.